The summed E-state index contributed by atoms with van der Waals surface area (Å²) in [5.74, 6) is -1.10. The first-order valence-electron chi connectivity index (χ1n) is 11.5. The van der Waals surface area contributed by atoms with Crippen LogP contribution in [-0.4, -0.2) is 57.1 Å². The van der Waals surface area contributed by atoms with Gasteiger partial charge in [0.2, 0.25) is 21.8 Å². The van der Waals surface area contributed by atoms with Crippen LogP contribution in [0.2, 0.25) is 0 Å². The second kappa shape index (κ2) is 13.1. The second-order valence-corrected chi connectivity index (χ2v) is 9.94. The van der Waals surface area contributed by atoms with E-state index >= 15 is 0 Å². The molecular formula is C25H34FN3O4S. The van der Waals surface area contributed by atoms with Gasteiger partial charge in [0, 0.05) is 26.1 Å². The Morgan fingerprint density at radius 2 is 1.65 bits per heavy atom. The van der Waals surface area contributed by atoms with E-state index in [-0.39, 0.29) is 36.9 Å². The summed E-state index contributed by atoms with van der Waals surface area (Å²) in [5.41, 5.74) is 1.00. The summed E-state index contributed by atoms with van der Waals surface area (Å²) in [7, 11) is -3.74. The molecule has 0 aliphatic heterocycles. The predicted octanol–water partition coefficient (Wildman–Crippen LogP) is 3.36. The monoisotopic (exact) mass is 491 g/mol. The Balaban J connectivity index is 2.14. The van der Waals surface area contributed by atoms with Gasteiger partial charge in [-0.05, 0) is 43.9 Å². The molecule has 34 heavy (non-hydrogen) atoms. The zero-order valence-electron chi connectivity index (χ0n) is 20.0. The smallest absolute Gasteiger partial charge is 0.242 e. The lowest BCUT2D eigenvalue weighted by atomic mass is 10.1. The quantitative estimate of drug-likeness (QED) is 0.466. The predicted molar refractivity (Wildman–Crippen MR) is 132 cm³/mol. The van der Waals surface area contributed by atoms with Crippen molar-refractivity contribution in [2.75, 3.05) is 30.2 Å². The number of hydrogen-bond donors (Lipinski definition) is 1. The van der Waals surface area contributed by atoms with Gasteiger partial charge in [0.15, 0.2) is 0 Å². The molecule has 9 heteroatoms. The van der Waals surface area contributed by atoms with Gasteiger partial charge in [0.25, 0.3) is 0 Å². The Hall–Kier alpha value is -2.94. The summed E-state index contributed by atoms with van der Waals surface area (Å²) >= 11 is 0. The maximum atomic E-state index is 14.2. The molecule has 0 bridgehead atoms. The van der Waals surface area contributed by atoms with E-state index in [0.717, 1.165) is 16.1 Å². The van der Waals surface area contributed by atoms with E-state index in [1.165, 1.54) is 18.2 Å². The molecular weight excluding hydrogens is 457 g/mol. The summed E-state index contributed by atoms with van der Waals surface area (Å²) in [6.07, 6.45) is 2.28. The number of benzene rings is 2. The third-order valence-corrected chi connectivity index (χ3v) is 6.67. The third kappa shape index (κ3) is 7.83. The highest BCUT2D eigenvalue weighted by atomic mass is 32.2. The van der Waals surface area contributed by atoms with Gasteiger partial charge in [-0.2, -0.15) is 0 Å². The van der Waals surface area contributed by atoms with Crippen molar-refractivity contribution < 1.29 is 22.4 Å². The fraction of sp³-hybridized carbons (Fsp3) is 0.440. The van der Waals surface area contributed by atoms with E-state index in [4.69, 9.17) is 0 Å². The van der Waals surface area contributed by atoms with Crippen molar-refractivity contribution >= 4 is 27.5 Å². The van der Waals surface area contributed by atoms with Crippen molar-refractivity contribution in [2.45, 2.75) is 45.6 Å². The number of likely N-dealkylation sites (N-methyl/N-ethyl adjacent to an activating group) is 1. The Kier molecular flexibility index (Phi) is 10.5. The van der Waals surface area contributed by atoms with Crippen LogP contribution in [0.3, 0.4) is 0 Å². The highest BCUT2D eigenvalue weighted by molar-refractivity contribution is 7.92. The number of anilines is 1. The second-order valence-electron chi connectivity index (χ2n) is 8.03. The third-order valence-electron chi connectivity index (χ3n) is 5.49. The normalized spacial score (nSPS) is 12.1. The van der Waals surface area contributed by atoms with Crippen LogP contribution in [0.5, 0.6) is 0 Å². The number of rotatable bonds is 13. The SMILES string of the molecule is CCNC(=O)[C@H](CC)N(CCc1ccccc1)C(=O)CCCN(c1ccccc1F)S(C)(=O)=O. The van der Waals surface area contributed by atoms with Crippen molar-refractivity contribution in [3.8, 4) is 0 Å². The number of carbonyl (C=O) groups excluding carboxylic acids is 2. The number of amides is 2. The summed E-state index contributed by atoms with van der Waals surface area (Å²) in [6.45, 7) is 4.45. The van der Waals surface area contributed by atoms with Crippen molar-refractivity contribution in [2.24, 2.45) is 0 Å². The molecule has 2 aromatic rings. The van der Waals surface area contributed by atoms with Gasteiger partial charge in [-0.25, -0.2) is 12.8 Å². The molecule has 1 atom stereocenters. The maximum absolute atomic E-state index is 14.2. The summed E-state index contributed by atoms with van der Waals surface area (Å²) in [6, 6.07) is 14.7. The van der Waals surface area contributed by atoms with Crippen molar-refractivity contribution in [3.05, 3.63) is 66.0 Å². The molecule has 0 radical (unpaired) electrons. The average Bonchev–Trinajstić information content (AvgIpc) is 2.80. The summed E-state index contributed by atoms with van der Waals surface area (Å²) in [4.78, 5) is 27.4. The molecule has 0 aliphatic carbocycles. The van der Waals surface area contributed by atoms with E-state index in [0.29, 0.717) is 25.9 Å². The fourth-order valence-electron chi connectivity index (χ4n) is 3.82. The van der Waals surface area contributed by atoms with Crippen molar-refractivity contribution in [1.82, 2.24) is 10.2 Å². The number of para-hydroxylation sites is 1. The first kappa shape index (κ1) is 27.3. The van der Waals surface area contributed by atoms with E-state index in [1.807, 2.05) is 44.2 Å². The average molecular weight is 492 g/mol. The molecule has 0 aromatic heterocycles. The van der Waals surface area contributed by atoms with E-state index in [2.05, 4.69) is 5.32 Å². The van der Waals surface area contributed by atoms with Gasteiger partial charge in [-0.1, -0.05) is 49.4 Å². The number of sulfonamides is 1. The molecule has 0 saturated heterocycles. The lowest BCUT2D eigenvalue weighted by Crippen LogP contribution is -2.50. The standard InChI is InChI=1S/C25H34FN3O4S/c1-4-22(25(31)27-5-2)28(19-17-20-12-7-6-8-13-20)24(30)16-11-18-29(34(3,32)33)23-15-10-9-14-21(23)26/h6-10,12-15,22H,4-5,11,16-19H2,1-3H3,(H,27,31)/t22-/m0/s1. The first-order valence-corrected chi connectivity index (χ1v) is 13.4. The molecule has 2 amide bonds. The van der Waals surface area contributed by atoms with Gasteiger partial charge < -0.3 is 10.2 Å². The molecule has 2 aromatic carbocycles. The molecule has 186 valence electrons. The first-order chi connectivity index (χ1) is 16.2. The van der Waals surface area contributed by atoms with Crippen LogP contribution in [0.15, 0.2) is 54.6 Å². The highest BCUT2D eigenvalue weighted by Crippen LogP contribution is 2.22. The number of nitrogens with one attached hydrogen (secondary N) is 1. The van der Waals surface area contributed by atoms with E-state index < -0.39 is 21.9 Å². The Labute approximate surface area is 202 Å². The van der Waals surface area contributed by atoms with Crippen LogP contribution in [0.25, 0.3) is 0 Å². The minimum atomic E-state index is -3.74. The topological polar surface area (TPSA) is 86.8 Å². The molecule has 0 fully saturated rings. The van der Waals surface area contributed by atoms with Crippen molar-refractivity contribution in [1.29, 1.82) is 0 Å². The van der Waals surface area contributed by atoms with Crippen LogP contribution >= 0.6 is 0 Å². The molecule has 0 heterocycles. The zero-order valence-corrected chi connectivity index (χ0v) is 20.9. The van der Waals surface area contributed by atoms with Gasteiger partial charge >= 0.3 is 0 Å². The number of carbonyl (C=O) groups is 2. The van der Waals surface area contributed by atoms with Crippen LogP contribution < -0.4 is 9.62 Å². The lowest BCUT2D eigenvalue weighted by molar-refractivity contribution is -0.140. The Morgan fingerprint density at radius 1 is 1.00 bits per heavy atom. The molecule has 0 aliphatic rings. The molecule has 0 unspecified atom stereocenters. The zero-order chi connectivity index (χ0) is 25.1. The Morgan fingerprint density at radius 3 is 2.24 bits per heavy atom. The van der Waals surface area contributed by atoms with Gasteiger partial charge in [-0.3, -0.25) is 13.9 Å². The molecule has 1 N–H and O–H groups in total. The van der Waals surface area contributed by atoms with Gasteiger partial charge in [0.05, 0.1) is 11.9 Å². The minimum Gasteiger partial charge on any atom is -0.355 e. The van der Waals surface area contributed by atoms with Gasteiger partial charge in [0.1, 0.15) is 11.9 Å². The number of nitrogens with zero attached hydrogens (tertiary/aromatic N) is 2. The van der Waals surface area contributed by atoms with Crippen molar-refractivity contribution in [3.63, 3.8) is 0 Å². The maximum Gasteiger partial charge on any atom is 0.242 e. The molecule has 0 spiro atoms. The minimum absolute atomic E-state index is 0.0329. The van der Waals surface area contributed by atoms with Crippen LogP contribution in [0, 0.1) is 5.82 Å². The lowest BCUT2D eigenvalue weighted by Gasteiger charge is -2.31. The largest absolute Gasteiger partial charge is 0.355 e. The number of hydrogen-bond acceptors (Lipinski definition) is 4. The van der Waals surface area contributed by atoms with Crippen LogP contribution in [0.1, 0.15) is 38.7 Å². The highest BCUT2D eigenvalue weighted by Gasteiger charge is 2.28. The van der Waals surface area contributed by atoms with Gasteiger partial charge in [-0.15, -0.1) is 0 Å². The summed E-state index contributed by atoms with van der Waals surface area (Å²) in [5, 5.41) is 2.79. The Bertz CT molecular complexity index is 1050. The molecule has 2 rings (SSSR count). The van der Waals surface area contributed by atoms with E-state index in [1.54, 1.807) is 11.0 Å². The van der Waals surface area contributed by atoms with E-state index in [9.17, 15) is 22.4 Å². The summed E-state index contributed by atoms with van der Waals surface area (Å²) < 4.78 is 39.8. The molecule has 7 nitrogen and oxygen atoms in total. The van der Waals surface area contributed by atoms with Crippen LogP contribution in [0.4, 0.5) is 10.1 Å². The van der Waals surface area contributed by atoms with Crippen LogP contribution in [-0.2, 0) is 26.0 Å². The fourth-order valence-corrected chi connectivity index (χ4v) is 4.79. The molecule has 0 saturated carbocycles. The number of halogens is 1.